The molecule has 6 heteroatoms. The van der Waals surface area contributed by atoms with E-state index in [0.29, 0.717) is 24.6 Å². The molecule has 0 fully saturated rings. The molecule has 11 aromatic rings. The number of aromatic nitrogens is 4. The van der Waals surface area contributed by atoms with Gasteiger partial charge < -0.3 is 27.7 Å². The molecule has 7 aromatic carbocycles. The van der Waals surface area contributed by atoms with E-state index in [2.05, 4.69) is 165 Å². The summed E-state index contributed by atoms with van der Waals surface area (Å²) in [6.07, 6.45) is 24.2. The van der Waals surface area contributed by atoms with Crippen LogP contribution in [0.3, 0.4) is 0 Å². The lowest BCUT2D eigenvalue weighted by atomic mass is 9.89. The van der Waals surface area contributed by atoms with Crippen LogP contribution >= 0.6 is 0 Å². The molecule has 0 N–H and O–H groups in total. The first-order valence-electron chi connectivity index (χ1n) is 21.6. The van der Waals surface area contributed by atoms with Gasteiger partial charge in [-0.05, 0) is 97.8 Å². The van der Waals surface area contributed by atoms with Crippen LogP contribution in [0.2, 0.25) is 0 Å². The van der Waals surface area contributed by atoms with Crippen molar-refractivity contribution in [2.45, 2.75) is 40.0 Å². The first-order valence-corrected chi connectivity index (χ1v) is 21.6. The van der Waals surface area contributed by atoms with E-state index in [-0.39, 0.29) is 13.2 Å². The normalized spacial score (nSPS) is 11.6. The van der Waals surface area contributed by atoms with Crippen LogP contribution in [-0.4, -0.2) is 31.5 Å². The topological polar surface area (TPSA) is 38.2 Å². The van der Waals surface area contributed by atoms with Crippen LogP contribution in [0, 0.1) is 49.4 Å². The Balaban J connectivity index is 1.41. The molecular weight excluding hydrogens is 785 g/mol. The van der Waals surface area contributed by atoms with E-state index in [4.69, 9.17) is 35.2 Å². The summed E-state index contributed by atoms with van der Waals surface area (Å²) >= 11 is 0. The Morgan fingerprint density at radius 3 is 1.20 bits per heavy atom. The monoisotopic (exact) mass is 826 g/mol. The highest BCUT2D eigenvalue weighted by molar-refractivity contribution is 6.33. The summed E-state index contributed by atoms with van der Waals surface area (Å²) in [7, 11) is 0. The lowest BCUT2D eigenvalue weighted by Crippen LogP contribution is -2.01. The number of nitrogens with zero attached hydrogens (tertiary/aromatic N) is 4. The number of aryl methyl sites for hydroxylation is 2. The Morgan fingerprint density at radius 2 is 0.797 bits per heavy atom. The van der Waals surface area contributed by atoms with Crippen LogP contribution in [0.15, 0.2) is 121 Å². The first-order chi connectivity index (χ1) is 31.5. The zero-order chi connectivity index (χ0) is 43.6. The fraction of sp³-hybridized carbons (Fsp3) is 0.138. The van der Waals surface area contributed by atoms with Crippen LogP contribution in [0.5, 0.6) is 11.5 Å². The third-order valence-corrected chi connectivity index (χ3v) is 12.9. The molecule has 0 spiro atoms. The van der Waals surface area contributed by atoms with E-state index in [9.17, 15) is 0 Å². The van der Waals surface area contributed by atoms with E-state index in [0.717, 1.165) is 79.0 Å². The van der Waals surface area contributed by atoms with Crippen molar-refractivity contribution in [3.63, 3.8) is 0 Å². The molecule has 306 valence electrons. The lowest BCUT2D eigenvalue weighted by Gasteiger charge is -2.18. The maximum absolute atomic E-state index is 6.35. The van der Waals surface area contributed by atoms with Crippen molar-refractivity contribution < 1.29 is 9.47 Å². The van der Waals surface area contributed by atoms with Crippen molar-refractivity contribution in [2.24, 2.45) is 0 Å². The summed E-state index contributed by atoms with van der Waals surface area (Å²) < 4.78 is 21.7. The second-order valence-electron chi connectivity index (χ2n) is 16.1. The summed E-state index contributed by atoms with van der Waals surface area (Å²) in [5.41, 5.74) is 12.9. The van der Waals surface area contributed by atoms with E-state index < -0.39 is 0 Å². The number of benzene rings is 7. The minimum atomic E-state index is 0.140. The van der Waals surface area contributed by atoms with Gasteiger partial charge in [-0.15, -0.1) is 25.7 Å². The van der Waals surface area contributed by atoms with Gasteiger partial charge in [0, 0.05) is 89.4 Å². The van der Waals surface area contributed by atoms with Crippen molar-refractivity contribution in [2.75, 3.05) is 13.2 Å². The SMILES string of the molecule is C#CCOc1ccc2c(c1)c1c(-c3ccc4c(c3)c3ccccc3n4CC)c3c(c(-c4ccc5c(c4)c4ccccc4n5CC)c1n2CC#C)c1cc(OCC#C)ccc1n3CC#C. The van der Waals surface area contributed by atoms with Gasteiger partial charge in [0.05, 0.1) is 35.2 Å². The standard InChI is InChI=1S/C58H42N4O2/c1-7-29-61-51-27-23-39(63-31-9-3)35-45(51)55-54(38-22-26-50-44(34-38)42-18-14-16-20-48(42)60(50)12-6)58-56(46-36-40(64-32-10-4)24-28-52(46)62(58)30-8-2)53(57(55)61)37-21-25-49-43(33-37)41-17-13-15-19-47(41)59(49)11-5/h1-4,13-28,33-36H,11-12,29-32H2,5-6H3. The minimum Gasteiger partial charge on any atom is -0.481 e. The Kier molecular flexibility index (Phi) is 9.13. The number of terminal acetylenes is 4. The molecule has 4 aromatic heterocycles. The zero-order valence-electron chi connectivity index (χ0n) is 35.7. The number of para-hydroxylation sites is 2. The number of fused-ring (bicyclic) bond motifs is 12. The van der Waals surface area contributed by atoms with Crippen molar-refractivity contribution in [1.29, 1.82) is 0 Å². The largest absolute Gasteiger partial charge is 0.481 e. The molecule has 0 saturated heterocycles. The molecule has 0 aliphatic carbocycles. The van der Waals surface area contributed by atoms with Crippen molar-refractivity contribution >= 4 is 87.2 Å². The quantitative estimate of drug-likeness (QED) is 0.129. The van der Waals surface area contributed by atoms with E-state index in [1.165, 1.54) is 43.6 Å². The van der Waals surface area contributed by atoms with Crippen LogP contribution < -0.4 is 9.47 Å². The third-order valence-electron chi connectivity index (χ3n) is 12.9. The molecule has 11 rings (SSSR count). The van der Waals surface area contributed by atoms with Crippen LogP contribution in [0.4, 0.5) is 0 Å². The van der Waals surface area contributed by atoms with Gasteiger partial charge in [0.1, 0.15) is 24.7 Å². The van der Waals surface area contributed by atoms with Crippen molar-refractivity contribution in [1.82, 2.24) is 18.3 Å². The Labute approximate surface area is 371 Å². The van der Waals surface area contributed by atoms with Crippen LogP contribution in [0.25, 0.3) is 109 Å². The van der Waals surface area contributed by atoms with Gasteiger partial charge in [0.25, 0.3) is 0 Å². The van der Waals surface area contributed by atoms with Gasteiger partial charge in [0.15, 0.2) is 0 Å². The first kappa shape index (κ1) is 38.5. The highest BCUT2D eigenvalue weighted by atomic mass is 16.5. The predicted molar refractivity (Wildman–Crippen MR) is 267 cm³/mol. The molecule has 0 unspecified atom stereocenters. The maximum Gasteiger partial charge on any atom is 0.148 e. The van der Waals surface area contributed by atoms with Crippen LogP contribution in [0.1, 0.15) is 13.8 Å². The summed E-state index contributed by atoms with van der Waals surface area (Å²) in [6.45, 7) is 7.00. The second kappa shape index (κ2) is 15.2. The fourth-order valence-corrected chi connectivity index (χ4v) is 10.5. The smallest absolute Gasteiger partial charge is 0.148 e. The Hall–Kier alpha value is -8.42. The predicted octanol–water partition coefficient (Wildman–Crippen LogP) is 12.8. The van der Waals surface area contributed by atoms with Gasteiger partial charge in [0.2, 0.25) is 0 Å². The molecule has 64 heavy (non-hydrogen) atoms. The molecular formula is C58H42N4O2. The van der Waals surface area contributed by atoms with Gasteiger partial charge in [-0.25, -0.2) is 0 Å². The molecule has 4 heterocycles. The maximum atomic E-state index is 6.35. The second-order valence-corrected chi connectivity index (χ2v) is 16.1. The number of ether oxygens (including phenoxy) is 2. The highest BCUT2D eigenvalue weighted by Gasteiger charge is 2.29. The van der Waals surface area contributed by atoms with E-state index in [1.807, 2.05) is 12.1 Å². The molecule has 6 nitrogen and oxygen atoms in total. The van der Waals surface area contributed by atoms with Gasteiger partial charge in [-0.1, -0.05) is 72.2 Å². The van der Waals surface area contributed by atoms with Gasteiger partial charge in [-0.2, -0.15) is 0 Å². The molecule has 0 bridgehead atoms. The summed E-state index contributed by atoms with van der Waals surface area (Å²) in [6, 6.07) is 43.4. The Morgan fingerprint density at radius 1 is 0.406 bits per heavy atom. The fourth-order valence-electron chi connectivity index (χ4n) is 10.5. The van der Waals surface area contributed by atoms with Gasteiger partial charge >= 0.3 is 0 Å². The Bertz CT molecular complexity index is 3670. The summed E-state index contributed by atoms with van der Waals surface area (Å²) in [4.78, 5) is 0. The molecule has 0 aliphatic rings. The number of rotatable bonds is 10. The lowest BCUT2D eigenvalue weighted by molar-refractivity contribution is 0.371. The number of hydrogen-bond donors (Lipinski definition) is 0. The summed E-state index contributed by atoms with van der Waals surface area (Å²) in [5, 5.41) is 8.81. The van der Waals surface area contributed by atoms with Gasteiger partial charge in [-0.3, -0.25) is 0 Å². The molecule has 0 aliphatic heterocycles. The average Bonchev–Trinajstić information content (AvgIpc) is 4.04. The van der Waals surface area contributed by atoms with E-state index >= 15 is 0 Å². The average molecular weight is 827 g/mol. The van der Waals surface area contributed by atoms with Crippen LogP contribution in [-0.2, 0) is 26.2 Å². The minimum absolute atomic E-state index is 0.140. The molecule has 0 amide bonds. The highest BCUT2D eigenvalue weighted by Crippen LogP contribution is 2.52. The van der Waals surface area contributed by atoms with Crippen molar-refractivity contribution in [3.05, 3.63) is 121 Å². The number of hydrogen-bond acceptors (Lipinski definition) is 2. The van der Waals surface area contributed by atoms with Crippen molar-refractivity contribution in [3.8, 4) is 83.1 Å². The zero-order valence-corrected chi connectivity index (χ0v) is 35.7. The van der Waals surface area contributed by atoms with E-state index in [1.54, 1.807) is 0 Å². The summed E-state index contributed by atoms with van der Waals surface area (Å²) in [5.74, 6) is 12.7. The molecule has 0 radical (unpaired) electrons. The molecule has 0 atom stereocenters. The third kappa shape index (κ3) is 5.54. The molecule has 0 saturated carbocycles.